The van der Waals surface area contributed by atoms with Crippen molar-refractivity contribution in [3.63, 3.8) is 0 Å². The summed E-state index contributed by atoms with van der Waals surface area (Å²) in [6.07, 6.45) is 0. The summed E-state index contributed by atoms with van der Waals surface area (Å²) in [5.74, 6) is 1.23. The van der Waals surface area contributed by atoms with Gasteiger partial charge in [0.2, 0.25) is 5.91 Å². The van der Waals surface area contributed by atoms with Gasteiger partial charge in [-0.05, 0) is 25.0 Å². The number of likely N-dealkylation sites (tertiary alicyclic amines) is 1. The molecule has 29 heavy (non-hydrogen) atoms. The van der Waals surface area contributed by atoms with E-state index in [2.05, 4.69) is 27.4 Å². The maximum Gasteiger partial charge on any atom is 0.310 e. The number of anilines is 1. The van der Waals surface area contributed by atoms with Crippen LogP contribution in [0.15, 0.2) is 29.3 Å². The van der Waals surface area contributed by atoms with Gasteiger partial charge in [-0.15, -0.1) is 24.0 Å². The van der Waals surface area contributed by atoms with Crippen LogP contribution in [0.5, 0.6) is 5.75 Å². The molecular formula is C20H31IN4O4. The van der Waals surface area contributed by atoms with Crippen molar-refractivity contribution in [3.8, 4) is 5.75 Å². The number of halogens is 1. The highest BCUT2D eigenvalue weighted by Crippen LogP contribution is 2.24. The second kappa shape index (κ2) is 12.5. The maximum absolute atomic E-state index is 11.9. The second-order valence-electron chi connectivity index (χ2n) is 6.81. The van der Waals surface area contributed by atoms with E-state index >= 15 is 0 Å². The van der Waals surface area contributed by atoms with Crippen molar-refractivity contribution in [1.82, 2.24) is 10.2 Å². The van der Waals surface area contributed by atoms with Gasteiger partial charge >= 0.3 is 5.97 Å². The molecule has 2 rings (SSSR count). The van der Waals surface area contributed by atoms with Gasteiger partial charge in [0, 0.05) is 38.3 Å². The number of nitrogens with zero attached hydrogens (tertiary/aromatic N) is 2. The number of aliphatic imine (C=N–C) groups is 1. The minimum Gasteiger partial charge on any atom is -0.492 e. The molecule has 0 aromatic heterocycles. The summed E-state index contributed by atoms with van der Waals surface area (Å²) in [5.41, 5.74) is 0.696. The molecule has 0 spiro atoms. The van der Waals surface area contributed by atoms with E-state index in [0.29, 0.717) is 31.1 Å². The number of amides is 1. The molecule has 0 aliphatic carbocycles. The number of hydrogen-bond donors (Lipinski definition) is 2. The van der Waals surface area contributed by atoms with Gasteiger partial charge in [-0.1, -0.05) is 13.0 Å². The number of guanidine groups is 1. The molecule has 2 atom stereocenters. The Morgan fingerprint density at radius 2 is 2.07 bits per heavy atom. The van der Waals surface area contributed by atoms with E-state index in [9.17, 15) is 9.59 Å². The monoisotopic (exact) mass is 518 g/mol. The Morgan fingerprint density at radius 1 is 1.31 bits per heavy atom. The first-order valence-corrected chi connectivity index (χ1v) is 9.56. The van der Waals surface area contributed by atoms with Crippen molar-refractivity contribution >= 4 is 47.5 Å². The number of carbonyl (C=O) groups is 2. The lowest BCUT2D eigenvalue weighted by Crippen LogP contribution is -2.41. The Morgan fingerprint density at radius 3 is 2.72 bits per heavy atom. The average Bonchev–Trinajstić information content (AvgIpc) is 3.05. The predicted octanol–water partition coefficient (Wildman–Crippen LogP) is 2.35. The fourth-order valence-electron chi connectivity index (χ4n) is 3.21. The number of hydrogen-bond acceptors (Lipinski definition) is 5. The molecule has 1 saturated heterocycles. The molecule has 0 radical (unpaired) electrons. The molecule has 1 aliphatic rings. The molecule has 9 heteroatoms. The highest BCUT2D eigenvalue weighted by molar-refractivity contribution is 14.0. The summed E-state index contributed by atoms with van der Waals surface area (Å²) in [5, 5.41) is 6.00. The first kappa shape index (κ1) is 25.0. The topological polar surface area (TPSA) is 92.3 Å². The van der Waals surface area contributed by atoms with Gasteiger partial charge < -0.3 is 25.0 Å². The third kappa shape index (κ3) is 7.71. The molecule has 1 amide bonds. The van der Waals surface area contributed by atoms with Crippen molar-refractivity contribution in [2.45, 2.75) is 20.8 Å². The first-order valence-electron chi connectivity index (χ1n) is 9.56. The zero-order chi connectivity index (χ0) is 20.5. The minimum absolute atomic E-state index is 0. The van der Waals surface area contributed by atoms with Crippen molar-refractivity contribution < 1.29 is 19.1 Å². The standard InChI is InChI=1S/C20H30N4O4.HI/c1-5-21-20(24-12-14(2)18(13-24)19(26)27-4)22-9-10-28-17-8-6-7-16(11-17)23-15(3)25;/h6-8,11,14,18H,5,9-10,12-13H2,1-4H3,(H,21,22)(H,23,25);1H. The molecule has 8 nitrogen and oxygen atoms in total. The largest absolute Gasteiger partial charge is 0.492 e. The van der Waals surface area contributed by atoms with Crippen LogP contribution >= 0.6 is 24.0 Å². The third-order valence-corrected chi connectivity index (χ3v) is 4.53. The molecule has 1 aliphatic heterocycles. The van der Waals surface area contributed by atoms with Crippen molar-refractivity contribution in [2.75, 3.05) is 45.2 Å². The Labute approximate surface area is 189 Å². The van der Waals surface area contributed by atoms with Crippen LogP contribution in [-0.2, 0) is 14.3 Å². The van der Waals surface area contributed by atoms with Crippen LogP contribution < -0.4 is 15.4 Å². The normalized spacial score (nSPS) is 18.6. The molecule has 2 unspecified atom stereocenters. The number of carbonyl (C=O) groups excluding carboxylic acids is 2. The van der Waals surface area contributed by atoms with Gasteiger partial charge in [0.05, 0.1) is 19.6 Å². The number of esters is 1. The number of nitrogens with one attached hydrogen (secondary N) is 2. The summed E-state index contributed by atoms with van der Waals surface area (Å²) in [4.78, 5) is 29.8. The van der Waals surface area contributed by atoms with Crippen molar-refractivity contribution in [2.24, 2.45) is 16.8 Å². The van der Waals surface area contributed by atoms with Crippen LogP contribution in [0.3, 0.4) is 0 Å². The predicted molar refractivity (Wildman–Crippen MR) is 124 cm³/mol. The molecule has 2 N–H and O–H groups in total. The molecule has 1 heterocycles. The molecule has 1 aromatic carbocycles. The van der Waals surface area contributed by atoms with Gasteiger partial charge in [-0.3, -0.25) is 9.59 Å². The molecule has 1 fully saturated rings. The van der Waals surface area contributed by atoms with Gasteiger partial charge in [0.25, 0.3) is 0 Å². The van der Waals surface area contributed by atoms with Gasteiger partial charge in [0.1, 0.15) is 12.4 Å². The zero-order valence-electron chi connectivity index (χ0n) is 17.4. The quantitative estimate of drug-likeness (QED) is 0.189. The molecule has 1 aromatic rings. The highest BCUT2D eigenvalue weighted by atomic mass is 127. The van der Waals surface area contributed by atoms with E-state index in [0.717, 1.165) is 19.0 Å². The Kier molecular flexibility index (Phi) is 10.8. The second-order valence-corrected chi connectivity index (χ2v) is 6.81. The summed E-state index contributed by atoms with van der Waals surface area (Å²) in [6.45, 7) is 8.50. The van der Waals surface area contributed by atoms with Crippen LogP contribution in [0.2, 0.25) is 0 Å². The lowest BCUT2D eigenvalue weighted by atomic mass is 9.99. The van der Waals surface area contributed by atoms with Crippen LogP contribution in [0.1, 0.15) is 20.8 Å². The van der Waals surface area contributed by atoms with Crippen LogP contribution in [0, 0.1) is 11.8 Å². The Hall–Kier alpha value is -2.04. The third-order valence-electron chi connectivity index (χ3n) is 4.53. The number of rotatable bonds is 7. The van der Waals surface area contributed by atoms with E-state index in [4.69, 9.17) is 9.47 Å². The van der Waals surface area contributed by atoms with Crippen molar-refractivity contribution in [1.29, 1.82) is 0 Å². The fraction of sp³-hybridized carbons (Fsp3) is 0.550. The van der Waals surface area contributed by atoms with Crippen molar-refractivity contribution in [3.05, 3.63) is 24.3 Å². The minimum atomic E-state index is -0.173. The Balaban J connectivity index is 0.00000420. The maximum atomic E-state index is 11.9. The van der Waals surface area contributed by atoms with Gasteiger partial charge in [-0.2, -0.15) is 0 Å². The number of ether oxygens (including phenoxy) is 2. The van der Waals surface area contributed by atoms with Gasteiger partial charge in [-0.25, -0.2) is 4.99 Å². The van der Waals surface area contributed by atoms with E-state index in [-0.39, 0.29) is 47.7 Å². The van der Waals surface area contributed by atoms with E-state index in [1.807, 2.05) is 25.1 Å². The lowest BCUT2D eigenvalue weighted by molar-refractivity contribution is -0.146. The Bertz CT molecular complexity index is 713. The summed E-state index contributed by atoms with van der Waals surface area (Å²) in [7, 11) is 1.43. The van der Waals surface area contributed by atoms with E-state index in [1.54, 1.807) is 6.07 Å². The molecular weight excluding hydrogens is 487 g/mol. The summed E-state index contributed by atoms with van der Waals surface area (Å²) < 4.78 is 10.6. The highest BCUT2D eigenvalue weighted by Gasteiger charge is 2.36. The molecule has 162 valence electrons. The number of benzene rings is 1. The summed E-state index contributed by atoms with van der Waals surface area (Å²) >= 11 is 0. The lowest BCUT2D eigenvalue weighted by Gasteiger charge is -2.21. The van der Waals surface area contributed by atoms with Crippen LogP contribution in [0.25, 0.3) is 0 Å². The van der Waals surface area contributed by atoms with E-state index < -0.39 is 0 Å². The molecule has 0 bridgehead atoms. The molecule has 0 saturated carbocycles. The SMILES string of the molecule is CCNC(=NCCOc1cccc(NC(C)=O)c1)N1CC(C)C(C(=O)OC)C1.I. The van der Waals surface area contributed by atoms with E-state index in [1.165, 1.54) is 14.0 Å². The fourth-order valence-corrected chi connectivity index (χ4v) is 3.21. The van der Waals surface area contributed by atoms with Crippen LogP contribution in [0.4, 0.5) is 5.69 Å². The zero-order valence-corrected chi connectivity index (χ0v) is 19.8. The van der Waals surface area contributed by atoms with Crippen LogP contribution in [-0.4, -0.2) is 62.6 Å². The van der Waals surface area contributed by atoms with Gasteiger partial charge in [0.15, 0.2) is 5.96 Å². The first-order chi connectivity index (χ1) is 13.4. The summed E-state index contributed by atoms with van der Waals surface area (Å²) in [6, 6.07) is 7.25. The number of methoxy groups -OCH3 is 1. The smallest absolute Gasteiger partial charge is 0.310 e. The average molecular weight is 518 g/mol.